The molecule has 2 atom stereocenters. The maximum atomic E-state index is 12.5. The molecule has 0 aliphatic carbocycles. The summed E-state index contributed by atoms with van der Waals surface area (Å²) in [6, 6.07) is 1.47. The zero-order chi connectivity index (χ0) is 17.0. The molecule has 0 saturated carbocycles. The van der Waals surface area contributed by atoms with Crippen LogP contribution in [0.2, 0.25) is 5.15 Å². The minimum absolute atomic E-state index is 0.000194. The number of hydrogen-bond donors (Lipinski definition) is 1. The van der Waals surface area contributed by atoms with Crippen molar-refractivity contribution in [2.75, 3.05) is 13.1 Å². The molecule has 126 valence electrons. The predicted octanol–water partition coefficient (Wildman–Crippen LogP) is 2.25. The summed E-state index contributed by atoms with van der Waals surface area (Å²) in [7, 11) is 0. The summed E-state index contributed by atoms with van der Waals surface area (Å²) in [5.74, 6) is -0.103. The first-order valence-corrected chi connectivity index (χ1v) is 7.89. The molecule has 0 spiro atoms. The van der Waals surface area contributed by atoms with Crippen LogP contribution in [0.1, 0.15) is 37.6 Å². The van der Waals surface area contributed by atoms with Gasteiger partial charge < -0.3 is 14.8 Å². The monoisotopic (exact) mass is 340 g/mol. The van der Waals surface area contributed by atoms with Crippen LogP contribution in [-0.4, -0.2) is 42.0 Å². The SMILES string of the molecule is CC(C)(C)OC(=O)C(Oc1cnc(Cl)c(C=O)c1)[C@H]1CCNC1. The molecular weight excluding hydrogens is 320 g/mol. The first-order valence-electron chi connectivity index (χ1n) is 7.51. The lowest BCUT2D eigenvalue weighted by molar-refractivity contribution is -0.165. The van der Waals surface area contributed by atoms with Gasteiger partial charge in [-0.3, -0.25) is 4.79 Å². The number of esters is 1. The number of aromatic nitrogens is 1. The van der Waals surface area contributed by atoms with E-state index in [2.05, 4.69) is 10.3 Å². The van der Waals surface area contributed by atoms with Gasteiger partial charge in [0.15, 0.2) is 12.4 Å². The molecule has 6 nitrogen and oxygen atoms in total. The van der Waals surface area contributed by atoms with Gasteiger partial charge in [-0.25, -0.2) is 9.78 Å². The second-order valence-corrected chi connectivity index (χ2v) is 6.85. The fourth-order valence-electron chi connectivity index (χ4n) is 2.37. The highest BCUT2D eigenvalue weighted by atomic mass is 35.5. The first-order chi connectivity index (χ1) is 10.8. The highest BCUT2D eigenvalue weighted by Gasteiger charge is 2.36. The van der Waals surface area contributed by atoms with Crippen molar-refractivity contribution in [2.45, 2.75) is 38.9 Å². The lowest BCUT2D eigenvalue weighted by Crippen LogP contribution is -2.41. The maximum Gasteiger partial charge on any atom is 0.348 e. The Morgan fingerprint density at radius 3 is 2.83 bits per heavy atom. The van der Waals surface area contributed by atoms with Crippen molar-refractivity contribution < 1.29 is 19.1 Å². The summed E-state index contributed by atoms with van der Waals surface area (Å²) < 4.78 is 11.3. The minimum atomic E-state index is -0.758. The Balaban J connectivity index is 2.20. The Bertz CT molecular complexity index is 580. The van der Waals surface area contributed by atoms with Crippen molar-refractivity contribution in [1.82, 2.24) is 10.3 Å². The normalized spacial score (nSPS) is 19.2. The molecule has 0 radical (unpaired) electrons. The number of hydrogen-bond acceptors (Lipinski definition) is 6. The topological polar surface area (TPSA) is 77.5 Å². The van der Waals surface area contributed by atoms with Gasteiger partial charge in [-0.2, -0.15) is 0 Å². The van der Waals surface area contributed by atoms with E-state index in [1.165, 1.54) is 12.3 Å². The van der Waals surface area contributed by atoms with Crippen LogP contribution in [0.15, 0.2) is 12.3 Å². The van der Waals surface area contributed by atoms with Crippen LogP contribution >= 0.6 is 11.6 Å². The number of carbonyl (C=O) groups excluding carboxylic acids is 2. The summed E-state index contributed by atoms with van der Waals surface area (Å²) in [6.45, 7) is 6.92. The molecule has 0 aromatic carbocycles. The maximum absolute atomic E-state index is 12.5. The number of aldehydes is 1. The fourth-order valence-corrected chi connectivity index (χ4v) is 2.52. The van der Waals surface area contributed by atoms with Crippen LogP contribution in [-0.2, 0) is 9.53 Å². The van der Waals surface area contributed by atoms with Gasteiger partial charge in [0.1, 0.15) is 16.5 Å². The molecule has 1 aliphatic heterocycles. The van der Waals surface area contributed by atoms with Crippen LogP contribution in [0.3, 0.4) is 0 Å². The van der Waals surface area contributed by atoms with Gasteiger partial charge in [-0.1, -0.05) is 11.6 Å². The molecule has 1 N–H and O–H groups in total. The van der Waals surface area contributed by atoms with Crippen LogP contribution < -0.4 is 10.1 Å². The van der Waals surface area contributed by atoms with E-state index in [9.17, 15) is 9.59 Å². The molecule has 1 unspecified atom stereocenters. The number of carbonyl (C=O) groups is 2. The van der Waals surface area contributed by atoms with E-state index in [4.69, 9.17) is 21.1 Å². The van der Waals surface area contributed by atoms with Crippen LogP contribution in [0, 0.1) is 5.92 Å². The fraction of sp³-hybridized carbons (Fsp3) is 0.562. The first kappa shape index (κ1) is 17.7. The Hall–Kier alpha value is -1.66. The molecule has 1 aliphatic rings. The Kier molecular flexibility index (Phi) is 5.59. The average molecular weight is 341 g/mol. The number of ether oxygens (including phenoxy) is 2. The lowest BCUT2D eigenvalue weighted by Gasteiger charge is -2.27. The quantitative estimate of drug-likeness (QED) is 0.503. The van der Waals surface area contributed by atoms with E-state index >= 15 is 0 Å². The molecule has 1 fully saturated rings. The van der Waals surface area contributed by atoms with E-state index < -0.39 is 17.7 Å². The van der Waals surface area contributed by atoms with E-state index in [1.54, 1.807) is 0 Å². The number of rotatable bonds is 5. The number of pyridine rings is 1. The van der Waals surface area contributed by atoms with Crippen molar-refractivity contribution >= 4 is 23.9 Å². The van der Waals surface area contributed by atoms with Crippen LogP contribution in [0.25, 0.3) is 0 Å². The van der Waals surface area contributed by atoms with E-state index in [0.29, 0.717) is 18.6 Å². The smallest absolute Gasteiger partial charge is 0.348 e. The standard InChI is InChI=1S/C16H21ClN2O4/c1-16(2,3)23-15(21)13(10-4-5-18-7-10)22-12-6-11(9-20)14(17)19-8-12/h6,8-10,13,18H,4-5,7H2,1-3H3/t10-,13?/m0/s1. The van der Waals surface area contributed by atoms with Crippen molar-refractivity contribution in [1.29, 1.82) is 0 Å². The summed E-state index contributed by atoms with van der Waals surface area (Å²) in [4.78, 5) is 27.3. The van der Waals surface area contributed by atoms with Gasteiger partial charge >= 0.3 is 5.97 Å². The third-order valence-corrected chi connectivity index (χ3v) is 3.71. The van der Waals surface area contributed by atoms with E-state index in [0.717, 1.165) is 13.0 Å². The second-order valence-electron chi connectivity index (χ2n) is 6.49. The van der Waals surface area contributed by atoms with Crippen molar-refractivity contribution in [3.05, 3.63) is 23.0 Å². The van der Waals surface area contributed by atoms with Crippen LogP contribution in [0.5, 0.6) is 5.75 Å². The zero-order valence-corrected chi connectivity index (χ0v) is 14.2. The average Bonchev–Trinajstić information content (AvgIpc) is 2.98. The third-order valence-electron chi connectivity index (χ3n) is 3.40. The highest BCUT2D eigenvalue weighted by Crippen LogP contribution is 2.24. The van der Waals surface area contributed by atoms with Crippen LogP contribution in [0.4, 0.5) is 0 Å². The molecule has 0 bridgehead atoms. The molecule has 2 rings (SSSR count). The van der Waals surface area contributed by atoms with E-state index in [1.807, 2.05) is 20.8 Å². The van der Waals surface area contributed by atoms with Gasteiger partial charge in [-0.15, -0.1) is 0 Å². The van der Waals surface area contributed by atoms with Gasteiger partial charge in [0.2, 0.25) is 0 Å². The molecule has 1 aromatic heterocycles. The van der Waals surface area contributed by atoms with Gasteiger partial charge in [0.05, 0.1) is 11.8 Å². The van der Waals surface area contributed by atoms with Gasteiger partial charge in [0, 0.05) is 12.5 Å². The van der Waals surface area contributed by atoms with Gasteiger partial charge in [0.25, 0.3) is 0 Å². The number of nitrogens with zero attached hydrogens (tertiary/aromatic N) is 1. The largest absolute Gasteiger partial charge is 0.477 e. The lowest BCUT2D eigenvalue weighted by atomic mass is 10.0. The molecule has 1 saturated heterocycles. The summed E-state index contributed by atoms with van der Waals surface area (Å²) in [5.41, 5.74) is -0.381. The van der Waals surface area contributed by atoms with Crippen molar-refractivity contribution in [3.63, 3.8) is 0 Å². The molecule has 1 aromatic rings. The van der Waals surface area contributed by atoms with E-state index in [-0.39, 0.29) is 16.6 Å². The van der Waals surface area contributed by atoms with Crippen molar-refractivity contribution in [3.8, 4) is 5.75 Å². The Morgan fingerprint density at radius 1 is 1.52 bits per heavy atom. The molecular formula is C16H21ClN2O4. The number of nitrogens with one attached hydrogen (secondary N) is 1. The zero-order valence-electron chi connectivity index (χ0n) is 13.5. The molecule has 7 heteroatoms. The molecule has 0 amide bonds. The molecule has 2 heterocycles. The predicted molar refractivity (Wildman–Crippen MR) is 85.9 cm³/mol. The Morgan fingerprint density at radius 2 is 2.26 bits per heavy atom. The second kappa shape index (κ2) is 7.27. The summed E-state index contributed by atoms with van der Waals surface area (Å²) in [5, 5.41) is 3.31. The van der Waals surface area contributed by atoms with Crippen molar-refractivity contribution in [2.24, 2.45) is 5.92 Å². The summed E-state index contributed by atoms with van der Waals surface area (Å²) in [6.07, 6.45) is 2.05. The third kappa shape index (κ3) is 4.91. The summed E-state index contributed by atoms with van der Waals surface area (Å²) >= 11 is 5.81. The number of halogens is 1. The minimum Gasteiger partial charge on any atom is -0.477 e. The Labute approximate surface area is 140 Å². The highest BCUT2D eigenvalue weighted by molar-refractivity contribution is 6.31. The molecule has 23 heavy (non-hydrogen) atoms. The van der Waals surface area contributed by atoms with Gasteiger partial charge in [-0.05, 0) is 39.8 Å².